The number of aliphatic carboxylic acids is 2. The smallest absolute Gasteiger partial charge is 0.326 e. The van der Waals surface area contributed by atoms with Gasteiger partial charge in [0.1, 0.15) is 18.1 Å². The van der Waals surface area contributed by atoms with E-state index in [1.54, 1.807) is 13.8 Å². The Balaban J connectivity index is 5.52. The van der Waals surface area contributed by atoms with Crippen molar-refractivity contribution in [2.45, 2.75) is 77.5 Å². The summed E-state index contributed by atoms with van der Waals surface area (Å²) in [4.78, 5) is 60.5. The van der Waals surface area contributed by atoms with Crippen molar-refractivity contribution in [2.24, 2.45) is 17.6 Å². The normalized spacial score (nSPS) is 14.8. The predicted octanol–water partition coefficient (Wildman–Crippen LogP) is 0.173. The zero-order chi connectivity index (χ0) is 25.7. The minimum atomic E-state index is -1.21. The van der Waals surface area contributed by atoms with Gasteiger partial charge in [0.2, 0.25) is 17.7 Å². The van der Waals surface area contributed by atoms with Crippen LogP contribution in [0.3, 0.4) is 0 Å². The second kappa shape index (κ2) is 15.5. The summed E-state index contributed by atoms with van der Waals surface area (Å²) in [6, 6.07) is -4.28. The van der Waals surface area contributed by atoms with Gasteiger partial charge in [0, 0.05) is 6.42 Å². The van der Waals surface area contributed by atoms with Crippen LogP contribution in [0.25, 0.3) is 0 Å². The molecule has 0 bridgehead atoms. The van der Waals surface area contributed by atoms with Crippen molar-refractivity contribution in [1.82, 2.24) is 16.0 Å². The Morgan fingerprint density at radius 2 is 1.30 bits per heavy atom. The average Bonchev–Trinajstić information content (AvgIpc) is 2.71. The van der Waals surface area contributed by atoms with Crippen LogP contribution in [-0.4, -0.2) is 76.0 Å². The number of hydrogen-bond acceptors (Lipinski definition) is 7. The molecule has 190 valence electrons. The Labute approximate surface area is 199 Å². The second-order valence-electron chi connectivity index (χ2n) is 8.63. The molecule has 3 amide bonds. The van der Waals surface area contributed by atoms with Gasteiger partial charge in [0.25, 0.3) is 0 Å². The largest absolute Gasteiger partial charge is 0.481 e. The molecule has 0 aromatic heterocycles. The number of amides is 3. The summed E-state index contributed by atoms with van der Waals surface area (Å²) in [5.74, 6) is -4.02. The van der Waals surface area contributed by atoms with Gasteiger partial charge in [-0.3, -0.25) is 19.2 Å². The highest BCUT2D eigenvalue weighted by Gasteiger charge is 2.31. The van der Waals surface area contributed by atoms with E-state index in [-0.39, 0.29) is 37.5 Å². The van der Waals surface area contributed by atoms with Gasteiger partial charge in [0.05, 0.1) is 6.04 Å². The molecule has 4 atom stereocenters. The van der Waals surface area contributed by atoms with Gasteiger partial charge in [-0.1, -0.05) is 27.7 Å². The molecular formula is C21H38N4O7S. The van der Waals surface area contributed by atoms with Gasteiger partial charge in [-0.15, -0.1) is 0 Å². The third-order valence-electron chi connectivity index (χ3n) is 4.87. The van der Waals surface area contributed by atoms with E-state index in [2.05, 4.69) is 16.0 Å². The molecule has 33 heavy (non-hydrogen) atoms. The van der Waals surface area contributed by atoms with Gasteiger partial charge in [-0.05, 0) is 43.1 Å². The van der Waals surface area contributed by atoms with Crippen molar-refractivity contribution >= 4 is 41.4 Å². The molecule has 12 heteroatoms. The third kappa shape index (κ3) is 12.5. The molecule has 0 spiro atoms. The van der Waals surface area contributed by atoms with E-state index >= 15 is 0 Å². The molecule has 0 rings (SSSR count). The summed E-state index contributed by atoms with van der Waals surface area (Å²) < 4.78 is 0. The number of nitrogens with one attached hydrogen (secondary N) is 3. The van der Waals surface area contributed by atoms with Crippen LogP contribution < -0.4 is 21.7 Å². The van der Waals surface area contributed by atoms with Gasteiger partial charge in [-0.25, -0.2) is 4.79 Å². The second-order valence-corrected chi connectivity index (χ2v) is 9.62. The van der Waals surface area contributed by atoms with Crippen LogP contribution in [0.1, 0.15) is 53.4 Å². The van der Waals surface area contributed by atoms with Crippen molar-refractivity contribution in [1.29, 1.82) is 0 Å². The molecular weight excluding hydrogens is 452 g/mol. The number of thioether (sulfide) groups is 1. The Bertz CT molecular complexity index is 688. The molecule has 0 saturated carbocycles. The Hall–Kier alpha value is -2.34. The quantitative estimate of drug-likeness (QED) is 0.175. The zero-order valence-electron chi connectivity index (χ0n) is 19.9. The standard InChI is InChI=1S/C21H38N4O7S/c1-11(2)10-15(21(31)32)25-19(29)14(8-9-33-5)23-18(28)13(6-7-16(26)27)24-20(30)17(22)12(3)4/h11-15,17H,6-10,22H2,1-5H3,(H,23,28)(H,24,30)(H,25,29)(H,26,27)(H,31,32). The summed E-state index contributed by atoms with van der Waals surface area (Å²) >= 11 is 1.44. The van der Waals surface area contributed by atoms with E-state index in [1.807, 2.05) is 20.1 Å². The maximum atomic E-state index is 12.9. The minimum absolute atomic E-state index is 0.0198. The highest BCUT2D eigenvalue weighted by Crippen LogP contribution is 2.09. The van der Waals surface area contributed by atoms with Crippen LogP contribution >= 0.6 is 11.8 Å². The maximum Gasteiger partial charge on any atom is 0.326 e. The summed E-state index contributed by atoms with van der Waals surface area (Å²) in [6.45, 7) is 7.12. The average molecular weight is 491 g/mol. The fourth-order valence-corrected chi connectivity index (χ4v) is 3.32. The lowest BCUT2D eigenvalue weighted by atomic mass is 10.0. The van der Waals surface area contributed by atoms with Crippen molar-refractivity contribution in [2.75, 3.05) is 12.0 Å². The highest BCUT2D eigenvalue weighted by atomic mass is 32.2. The third-order valence-corrected chi connectivity index (χ3v) is 5.51. The number of rotatable bonds is 16. The molecule has 4 unspecified atom stereocenters. The fourth-order valence-electron chi connectivity index (χ4n) is 2.85. The van der Waals surface area contributed by atoms with Crippen LogP contribution in [0.4, 0.5) is 0 Å². The first-order valence-corrected chi connectivity index (χ1v) is 12.3. The van der Waals surface area contributed by atoms with E-state index in [4.69, 9.17) is 10.8 Å². The molecule has 0 aromatic rings. The van der Waals surface area contributed by atoms with Crippen LogP contribution in [0.15, 0.2) is 0 Å². The molecule has 0 saturated heterocycles. The monoisotopic (exact) mass is 490 g/mol. The van der Waals surface area contributed by atoms with Crippen molar-refractivity contribution < 1.29 is 34.2 Å². The molecule has 0 aliphatic carbocycles. The first kappa shape index (κ1) is 30.7. The Morgan fingerprint density at radius 3 is 1.73 bits per heavy atom. The number of hydrogen-bond donors (Lipinski definition) is 6. The van der Waals surface area contributed by atoms with Gasteiger partial charge >= 0.3 is 11.9 Å². The molecule has 7 N–H and O–H groups in total. The minimum Gasteiger partial charge on any atom is -0.481 e. The fraction of sp³-hybridized carbons (Fsp3) is 0.762. The summed E-state index contributed by atoms with van der Waals surface area (Å²) in [5, 5.41) is 25.9. The number of nitrogens with two attached hydrogens (primary N) is 1. The molecule has 0 aliphatic heterocycles. The lowest BCUT2D eigenvalue weighted by Gasteiger charge is -2.26. The number of carboxylic acids is 2. The lowest BCUT2D eigenvalue weighted by molar-refractivity contribution is -0.142. The van der Waals surface area contributed by atoms with Crippen molar-refractivity contribution in [3.63, 3.8) is 0 Å². The SMILES string of the molecule is CSCCC(NC(=O)C(CCC(=O)O)NC(=O)C(N)C(C)C)C(=O)NC(CC(C)C)C(=O)O. The van der Waals surface area contributed by atoms with E-state index in [9.17, 15) is 29.1 Å². The molecule has 0 aliphatic rings. The first-order chi connectivity index (χ1) is 15.3. The number of carbonyl (C=O) groups excluding carboxylic acids is 3. The summed E-state index contributed by atoms with van der Waals surface area (Å²) in [6.07, 6.45) is 1.68. The topological polar surface area (TPSA) is 188 Å². The maximum absolute atomic E-state index is 12.9. The zero-order valence-corrected chi connectivity index (χ0v) is 20.7. The van der Waals surface area contributed by atoms with Crippen LogP contribution in [-0.2, 0) is 24.0 Å². The van der Waals surface area contributed by atoms with Crippen molar-refractivity contribution in [3.05, 3.63) is 0 Å². The van der Waals surface area contributed by atoms with E-state index in [1.165, 1.54) is 11.8 Å². The van der Waals surface area contributed by atoms with E-state index < -0.39 is 53.8 Å². The number of carboxylic acid groups (broad SMARTS) is 2. The summed E-state index contributed by atoms with van der Waals surface area (Å²) in [5.41, 5.74) is 5.82. The Morgan fingerprint density at radius 1 is 0.818 bits per heavy atom. The van der Waals surface area contributed by atoms with Crippen LogP contribution in [0.5, 0.6) is 0 Å². The van der Waals surface area contributed by atoms with Gasteiger partial charge in [0.15, 0.2) is 0 Å². The van der Waals surface area contributed by atoms with Crippen LogP contribution in [0.2, 0.25) is 0 Å². The van der Waals surface area contributed by atoms with Gasteiger partial charge < -0.3 is 31.9 Å². The first-order valence-electron chi connectivity index (χ1n) is 10.9. The van der Waals surface area contributed by atoms with Crippen molar-refractivity contribution in [3.8, 4) is 0 Å². The van der Waals surface area contributed by atoms with Crippen LogP contribution in [0, 0.1) is 11.8 Å². The van der Waals surface area contributed by atoms with Gasteiger partial charge in [-0.2, -0.15) is 11.8 Å². The Kier molecular flexibility index (Phi) is 14.4. The predicted molar refractivity (Wildman–Crippen MR) is 126 cm³/mol. The number of carbonyl (C=O) groups is 5. The lowest BCUT2D eigenvalue weighted by Crippen LogP contribution is -2.57. The molecule has 0 aromatic carbocycles. The van der Waals surface area contributed by atoms with E-state index in [0.29, 0.717) is 5.75 Å². The summed E-state index contributed by atoms with van der Waals surface area (Å²) in [7, 11) is 0. The molecule has 11 nitrogen and oxygen atoms in total. The molecule has 0 radical (unpaired) electrons. The van der Waals surface area contributed by atoms with E-state index in [0.717, 1.165) is 0 Å². The molecule has 0 heterocycles. The highest BCUT2D eigenvalue weighted by molar-refractivity contribution is 7.98. The molecule has 0 fully saturated rings.